The molecular formula is C9H16FN. The highest BCUT2D eigenvalue weighted by Crippen LogP contribution is 2.00. The standard InChI is InChI=1S/C9H15N.FH/c1-3-6-9-7-5-8-10(9)4-2;/h5,7-8H,3-4,6H2,1-2H3;1H. The number of nitrogens with one attached hydrogen (secondary N) is 1. The molecule has 0 amide bonds. The van der Waals surface area contributed by atoms with Crippen molar-refractivity contribution in [1.82, 2.24) is 0 Å². The number of halogens is 1. The van der Waals surface area contributed by atoms with Crippen LogP contribution in [0.25, 0.3) is 0 Å². The van der Waals surface area contributed by atoms with E-state index >= 15 is 0 Å². The molecule has 11 heavy (non-hydrogen) atoms. The molecule has 0 spiro atoms. The van der Waals surface area contributed by atoms with Crippen LogP contribution in [0.4, 0.5) is 0 Å². The summed E-state index contributed by atoms with van der Waals surface area (Å²) in [4.78, 5) is 1.53. The Morgan fingerprint density at radius 3 is 2.64 bits per heavy atom. The summed E-state index contributed by atoms with van der Waals surface area (Å²) in [5.41, 5.74) is 1.55. The van der Waals surface area contributed by atoms with Crippen molar-refractivity contribution in [1.29, 1.82) is 0 Å². The molecule has 0 aromatic rings. The summed E-state index contributed by atoms with van der Waals surface area (Å²) in [6, 6.07) is 0. The summed E-state index contributed by atoms with van der Waals surface area (Å²) in [5.74, 6) is 0. The van der Waals surface area contributed by atoms with Gasteiger partial charge in [0.2, 0.25) is 0 Å². The van der Waals surface area contributed by atoms with Crippen molar-refractivity contribution in [3.63, 3.8) is 0 Å². The molecular weight excluding hydrogens is 141 g/mol. The van der Waals surface area contributed by atoms with Crippen LogP contribution in [0.15, 0.2) is 24.0 Å². The van der Waals surface area contributed by atoms with E-state index in [0.717, 1.165) is 0 Å². The molecule has 64 valence electrons. The summed E-state index contributed by atoms with van der Waals surface area (Å²) >= 11 is 0. The summed E-state index contributed by atoms with van der Waals surface area (Å²) in [5, 5.41) is 0. The number of rotatable bonds is 3. The van der Waals surface area contributed by atoms with E-state index in [2.05, 4.69) is 32.2 Å². The van der Waals surface area contributed by atoms with E-state index in [1.54, 1.807) is 5.70 Å². The van der Waals surface area contributed by atoms with Crippen LogP contribution < -0.4 is 9.60 Å². The van der Waals surface area contributed by atoms with E-state index in [4.69, 9.17) is 0 Å². The van der Waals surface area contributed by atoms with Gasteiger partial charge in [0, 0.05) is 12.5 Å². The molecule has 0 saturated heterocycles. The zero-order valence-electron chi connectivity index (χ0n) is 7.23. The molecule has 1 aliphatic heterocycles. The lowest BCUT2D eigenvalue weighted by atomic mass is 10.2. The lowest BCUT2D eigenvalue weighted by Gasteiger charge is -2.10. The van der Waals surface area contributed by atoms with Crippen molar-refractivity contribution < 1.29 is 9.60 Å². The van der Waals surface area contributed by atoms with Crippen LogP contribution in [-0.2, 0) is 0 Å². The highest BCUT2D eigenvalue weighted by Gasteiger charge is 2.12. The van der Waals surface area contributed by atoms with Crippen LogP contribution in [-0.4, -0.2) is 6.54 Å². The Morgan fingerprint density at radius 2 is 2.09 bits per heavy atom. The van der Waals surface area contributed by atoms with Crippen LogP contribution in [0.5, 0.6) is 0 Å². The molecule has 1 aliphatic rings. The smallest absolute Gasteiger partial charge is 0.112 e. The molecule has 1 atom stereocenters. The Balaban J connectivity index is 0.000001000. The van der Waals surface area contributed by atoms with Gasteiger partial charge in [-0.2, -0.15) is 0 Å². The van der Waals surface area contributed by atoms with Crippen LogP contribution in [0.2, 0.25) is 0 Å². The van der Waals surface area contributed by atoms with Gasteiger partial charge in [-0.15, -0.1) is 0 Å². The van der Waals surface area contributed by atoms with E-state index < -0.39 is 0 Å². The first-order valence-electron chi connectivity index (χ1n) is 4.12. The van der Waals surface area contributed by atoms with Crippen molar-refractivity contribution in [2.24, 2.45) is 0 Å². The van der Waals surface area contributed by atoms with Crippen molar-refractivity contribution in [2.75, 3.05) is 6.54 Å². The topological polar surface area (TPSA) is 4.44 Å². The third kappa shape index (κ3) is 2.46. The number of hydrogen-bond acceptors (Lipinski definition) is 0. The minimum absolute atomic E-state index is 0. The number of allylic oxidation sites excluding steroid dienone is 3. The van der Waals surface area contributed by atoms with Crippen LogP contribution in [0.3, 0.4) is 0 Å². The quantitative estimate of drug-likeness (QED) is 0.488. The maximum Gasteiger partial charge on any atom is 0.112 e. The molecule has 0 radical (unpaired) electrons. The minimum Gasteiger partial charge on any atom is -1.00 e. The van der Waals surface area contributed by atoms with Crippen molar-refractivity contribution in [3.8, 4) is 0 Å². The highest BCUT2D eigenvalue weighted by atomic mass is 19.0. The fourth-order valence-electron chi connectivity index (χ4n) is 1.35. The second kappa shape index (κ2) is 5.08. The third-order valence-electron chi connectivity index (χ3n) is 1.91. The Morgan fingerprint density at radius 1 is 1.36 bits per heavy atom. The Kier molecular flexibility index (Phi) is 4.79. The van der Waals surface area contributed by atoms with Gasteiger partial charge in [-0.05, 0) is 19.4 Å². The zero-order chi connectivity index (χ0) is 7.40. The van der Waals surface area contributed by atoms with Gasteiger partial charge in [-0.3, -0.25) is 4.90 Å². The fourth-order valence-corrected chi connectivity index (χ4v) is 1.35. The van der Waals surface area contributed by atoms with E-state index in [9.17, 15) is 0 Å². The van der Waals surface area contributed by atoms with E-state index in [0.29, 0.717) is 0 Å². The second-order valence-electron chi connectivity index (χ2n) is 2.68. The predicted octanol–water partition coefficient (Wildman–Crippen LogP) is -1.89. The van der Waals surface area contributed by atoms with Gasteiger partial charge in [-0.25, -0.2) is 0 Å². The van der Waals surface area contributed by atoms with E-state index in [1.807, 2.05) is 0 Å². The van der Waals surface area contributed by atoms with Gasteiger partial charge in [-0.1, -0.05) is 6.92 Å². The first kappa shape index (κ1) is 10.4. The molecule has 0 aliphatic carbocycles. The second-order valence-corrected chi connectivity index (χ2v) is 2.68. The molecule has 1 unspecified atom stereocenters. The molecule has 0 aromatic heterocycles. The molecule has 1 rings (SSSR count). The molecule has 0 saturated carbocycles. The summed E-state index contributed by atoms with van der Waals surface area (Å²) in [7, 11) is 0. The molecule has 0 bridgehead atoms. The van der Waals surface area contributed by atoms with Crippen molar-refractivity contribution in [2.45, 2.75) is 26.7 Å². The monoisotopic (exact) mass is 157 g/mol. The maximum atomic E-state index is 2.24. The first-order valence-corrected chi connectivity index (χ1v) is 4.12. The Labute approximate surface area is 67.8 Å². The molecule has 1 N–H and O–H groups in total. The molecule has 2 heteroatoms. The normalized spacial score (nSPS) is 21.3. The summed E-state index contributed by atoms with van der Waals surface area (Å²) < 4.78 is 0. The number of quaternary nitrogens is 1. The molecule has 1 heterocycles. The number of hydrogen-bond donors (Lipinski definition) is 1. The molecule has 0 fully saturated rings. The highest BCUT2D eigenvalue weighted by molar-refractivity contribution is 5.10. The largest absolute Gasteiger partial charge is 1.00 e. The lowest BCUT2D eigenvalue weighted by molar-refractivity contribution is -0.801. The molecule has 0 aromatic carbocycles. The summed E-state index contributed by atoms with van der Waals surface area (Å²) in [6.45, 7) is 5.63. The van der Waals surface area contributed by atoms with Gasteiger partial charge in [0.25, 0.3) is 0 Å². The SMILES string of the molecule is CCCC1=CC=C[NH+]1CC.[F-]. The van der Waals surface area contributed by atoms with Gasteiger partial charge in [0.05, 0.1) is 12.7 Å². The van der Waals surface area contributed by atoms with E-state index in [1.165, 1.54) is 24.3 Å². The maximum absolute atomic E-state index is 2.24. The first-order chi connectivity index (χ1) is 4.88. The third-order valence-corrected chi connectivity index (χ3v) is 1.91. The van der Waals surface area contributed by atoms with Crippen molar-refractivity contribution in [3.05, 3.63) is 24.0 Å². The molecule has 1 nitrogen and oxygen atoms in total. The van der Waals surface area contributed by atoms with Gasteiger partial charge in [0.1, 0.15) is 5.70 Å². The van der Waals surface area contributed by atoms with Gasteiger partial charge < -0.3 is 4.70 Å². The zero-order valence-corrected chi connectivity index (χ0v) is 7.23. The van der Waals surface area contributed by atoms with Crippen molar-refractivity contribution >= 4 is 0 Å². The minimum atomic E-state index is 0. The average Bonchev–Trinajstić information content (AvgIpc) is 2.36. The Hall–Kier alpha value is -0.630. The Bertz CT molecular complexity index is 161. The fraction of sp³-hybridized carbons (Fsp3) is 0.556. The lowest BCUT2D eigenvalue weighted by Crippen LogP contribution is -3.04. The average molecular weight is 157 g/mol. The van der Waals surface area contributed by atoms with E-state index in [-0.39, 0.29) is 4.70 Å². The van der Waals surface area contributed by atoms with Gasteiger partial charge in [0.15, 0.2) is 0 Å². The van der Waals surface area contributed by atoms with Crippen LogP contribution >= 0.6 is 0 Å². The van der Waals surface area contributed by atoms with Gasteiger partial charge >= 0.3 is 0 Å². The summed E-state index contributed by atoms with van der Waals surface area (Å²) in [6.07, 6.45) is 9.13. The van der Waals surface area contributed by atoms with Crippen LogP contribution in [0.1, 0.15) is 26.7 Å². The van der Waals surface area contributed by atoms with Crippen LogP contribution in [0, 0.1) is 0 Å². The predicted molar refractivity (Wildman–Crippen MR) is 43.6 cm³/mol.